The molecule has 0 amide bonds. The Morgan fingerprint density at radius 1 is 1.16 bits per heavy atom. The molecule has 25 heavy (non-hydrogen) atoms. The maximum absolute atomic E-state index is 5.56. The number of nitrogens with one attached hydrogen (secondary N) is 1. The van der Waals surface area contributed by atoms with Crippen LogP contribution in [0.5, 0.6) is 11.5 Å². The van der Waals surface area contributed by atoms with Gasteiger partial charge in [-0.1, -0.05) is 13.3 Å². The molecule has 1 N–H and O–H groups in total. The zero-order chi connectivity index (χ0) is 17.1. The minimum absolute atomic E-state index is 0.666. The first-order valence-corrected chi connectivity index (χ1v) is 9.74. The first kappa shape index (κ1) is 15.6. The number of H-pyrrole nitrogens is 1. The second kappa shape index (κ2) is 5.66. The molecule has 4 heterocycles. The third-order valence-electron chi connectivity index (χ3n) is 7.02. The molecule has 1 saturated carbocycles. The molecule has 134 valence electrons. The minimum atomic E-state index is 0.666. The normalized spacial score (nSPS) is 33.2. The molecule has 5 unspecified atom stereocenters. The average Bonchev–Trinajstić information content (AvgIpc) is 2.96. The van der Waals surface area contributed by atoms with Gasteiger partial charge in [-0.25, -0.2) is 0 Å². The highest BCUT2D eigenvalue weighted by molar-refractivity contribution is 5.88. The first-order chi connectivity index (χ1) is 12.2. The van der Waals surface area contributed by atoms with Crippen molar-refractivity contribution in [3.05, 3.63) is 23.4 Å². The quantitative estimate of drug-likeness (QED) is 0.919. The van der Waals surface area contributed by atoms with Gasteiger partial charge in [0.1, 0.15) is 0 Å². The van der Waals surface area contributed by atoms with Crippen LogP contribution in [0.4, 0.5) is 0 Å². The monoisotopic (exact) mass is 340 g/mol. The van der Waals surface area contributed by atoms with Crippen LogP contribution in [0, 0.1) is 11.8 Å². The van der Waals surface area contributed by atoms with E-state index in [2.05, 4.69) is 28.9 Å². The van der Waals surface area contributed by atoms with Crippen molar-refractivity contribution in [3.63, 3.8) is 0 Å². The highest BCUT2D eigenvalue weighted by atomic mass is 16.5. The predicted molar refractivity (Wildman–Crippen MR) is 99.7 cm³/mol. The second-order valence-corrected chi connectivity index (χ2v) is 8.12. The molecule has 1 aromatic carbocycles. The fourth-order valence-corrected chi connectivity index (χ4v) is 6.02. The summed E-state index contributed by atoms with van der Waals surface area (Å²) in [5, 5.41) is 1.32. The summed E-state index contributed by atoms with van der Waals surface area (Å²) in [6, 6.07) is 5.01. The summed E-state index contributed by atoms with van der Waals surface area (Å²) in [5.41, 5.74) is 4.22. The van der Waals surface area contributed by atoms with E-state index >= 15 is 0 Å². The molecular weight excluding hydrogens is 312 g/mol. The molecule has 3 aliphatic heterocycles. The van der Waals surface area contributed by atoms with Gasteiger partial charge >= 0.3 is 0 Å². The number of hydrogen-bond donors (Lipinski definition) is 1. The third-order valence-corrected chi connectivity index (χ3v) is 7.02. The Balaban J connectivity index is 1.67. The van der Waals surface area contributed by atoms with Crippen LogP contribution in [0.25, 0.3) is 10.9 Å². The molecule has 4 bridgehead atoms. The highest BCUT2D eigenvalue weighted by Crippen LogP contribution is 2.51. The Labute approximate surface area is 149 Å². The smallest absolute Gasteiger partial charge is 0.162 e. The van der Waals surface area contributed by atoms with E-state index in [1.807, 2.05) is 0 Å². The van der Waals surface area contributed by atoms with Crippen molar-refractivity contribution in [2.75, 3.05) is 27.3 Å². The van der Waals surface area contributed by atoms with Gasteiger partial charge in [0.15, 0.2) is 11.5 Å². The van der Waals surface area contributed by atoms with Crippen molar-refractivity contribution >= 4 is 10.9 Å². The lowest BCUT2D eigenvalue weighted by Gasteiger charge is -2.53. The summed E-state index contributed by atoms with van der Waals surface area (Å²) in [5.74, 6) is 4.04. The number of rotatable bonds is 3. The van der Waals surface area contributed by atoms with E-state index in [1.54, 1.807) is 14.2 Å². The van der Waals surface area contributed by atoms with Gasteiger partial charge in [0, 0.05) is 47.7 Å². The fraction of sp³-hybridized carbons (Fsp3) is 0.619. The van der Waals surface area contributed by atoms with Gasteiger partial charge in [0.05, 0.1) is 14.2 Å². The zero-order valence-corrected chi connectivity index (χ0v) is 15.5. The van der Waals surface area contributed by atoms with Crippen molar-refractivity contribution in [2.24, 2.45) is 11.8 Å². The molecule has 2 aromatic rings. The Morgan fingerprint density at radius 2 is 1.96 bits per heavy atom. The largest absolute Gasteiger partial charge is 0.493 e. The molecule has 4 aliphatic rings. The minimum Gasteiger partial charge on any atom is -0.493 e. The number of nitrogens with zero attached hydrogens (tertiary/aromatic N) is 1. The van der Waals surface area contributed by atoms with E-state index in [0.717, 1.165) is 35.8 Å². The summed E-state index contributed by atoms with van der Waals surface area (Å²) in [6.45, 7) is 4.89. The summed E-state index contributed by atoms with van der Waals surface area (Å²) in [4.78, 5) is 6.61. The molecule has 2 saturated heterocycles. The highest BCUT2D eigenvalue weighted by Gasteiger charge is 2.48. The molecule has 5 atom stereocenters. The number of methoxy groups -OCH3 is 2. The number of hydrogen-bond acceptors (Lipinski definition) is 3. The van der Waals surface area contributed by atoms with E-state index < -0.39 is 0 Å². The Morgan fingerprint density at radius 3 is 2.72 bits per heavy atom. The summed E-state index contributed by atoms with van der Waals surface area (Å²) in [7, 11) is 3.43. The SMILES string of the molecule is CCC1CC2CC3c4[nH]c5cc(OC)c(OC)cc5c4CCN(C2)C13. The van der Waals surface area contributed by atoms with Crippen LogP contribution in [-0.4, -0.2) is 43.2 Å². The van der Waals surface area contributed by atoms with Crippen LogP contribution >= 0.6 is 0 Å². The van der Waals surface area contributed by atoms with Gasteiger partial charge in [-0.3, -0.25) is 4.90 Å². The maximum Gasteiger partial charge on any atom is 0.162 e. The zero-order valence-electron chi connectivity index (χ0n) is 15.5. The summed E-state index contributed by atoms with van der Waals surface area (Å²) >= 11 is 0. The van der Waals surface area contributed by atoms with Gasteiger partial charge < -0.3 is 14.5 Å². The van der Waals surface area contributed by atoms with Gasteiger partial charge in [-0.15, -0.1) is 0 Å². The summed E-state index contributed by atoms with van der Waals surface area (Å²) in [6.07, 6.45) is 5.24. The van der Waals surface area contributed by atoms with Gasteiger partial charge in [-0.2, -0.15) is 0 Å². The van der Waals surface area contributed by atoms with Crippen molar-refractivity contribution in [1.82, 2.24) is 9.88 Å². The van der Waals surface area contributed by atoms with Gasteiger partial charge in [0.25, 0.3) is 0 Å². The van der Waals surface area contributed by atoms with Crippen LogP contribution in [0.1, 0.15) is 43.4 Å². The Hall–Kier alpha value is -1.68. The lowest BCUT2D eigenvalue weighted by Crippen LogP contribution is -2.56. The lowest BCUT2D eigenvalue weighted by molar-refractivity contribution is -0.0134. The number of piperidine rings is 2. The van der Waals surface area contributed by atoms with Crippen molar-refractivity contribution in [1.29, 1.82) is 0 Å². The molecule has 4 nitrogen and oxygen atoms in total. The fourth-order valence-electron chi connectivity index (χ4n) is 6.02. The maximum atomic E-state index is 5.56. The van der Waals surface area contributed by atoms with Crippen molar-refractivity contribution in [3.8, 4) is 11.5 Å². The van der Waals surface area contributed by atoms with Crippen LogP contribution in [0.3, 0.4) is 0 Å². The van der Waals surface area contributed by atoms with Crippen LogP contribution in [0.2, 0.25) is 0 Å². The van der Waals surface area contributed by atoms with Crippen LogP contribution < -0.4 is 9.47 Å². The number of fused-ring (bicyclic) bond motifs is 4. The van der Waals surface area contributed by atoms with Crippen LogP contribution in [0.15, 0.2) is 12.1 Å². The van der Waals surface area contributed by atoms with Crippen LogP contribution in [-0.2, 0) is 6.42 Å². The van der Waals surface area contributed by atoms with E-state index in [9.17, 15) is 0 Å². The second-order valence-electron chi connectivity index (χ2n) is 8.12. The topological polar surface area (TPSA) is 37.5 Å². The average molecular weight is 340 g/mol. The third kappa shape index (κ3) is 2.16. The number of aromatic nitrogens is 1. The first-order valence-electron chi connectivity index (χ1n) is 9.74. The van der Waals surface area contributed by atoms with Gasteiger partial charge in [0.2, 0.25) is 0 Å². The van der Waals surface area contributed by atoms with E-state index in [1.165, 1.54) is 54.5 Å². The molecule has 0 radical (unpaired) electrons. The van der Waals surface area contributed by atoms with Crippen molar-refractivity contribution in [2.45, 2.75) is 44.6 Å². The standard InChI is InChI=1S/C21H28N2O2/c1-4-13-7-12-8-16-20-14(5-6-23(11-12)21(13)16)15-9-18(24-2)19(25-3)10-17(15)22-20/h9-10,12-13,16,21-22H,4-8,11H2,1-3H3. The molecule has 6 rings (SSSR count). The van der Waals surface area contributed by atoms with E-state index in [-0.39, 0.29) is 0 Å². The molecule has 1 aliphatic carbocycles. The molecule has 3 fully saturated rings. The van der Waals surface area contributed by atoms with Crippen molar-refractivity contribution < 1.29 is 9.47 Å². The number of ether oxygens (including phenoxy) is 2. The van der Waals surface area contributed by atoms with Gasteiger partial charge in [-0.05, 0) is 42.7 Å². The Bertz CT molecular complexity index is 812. The van der Waals surface area contributed by atoms with E-state index in [0.29, 0.717) is 5.92 Å². The number of benzene rings is 1. The molecular formula is C21H28N2O2. The summed E-state index contributed by atoms with van der Waals surface area (Å²) < 4.78 is 11.1. The predicted octanol–water partition coefficient (Wildman–Crippen LogP) is 3.95. The molecule has 0 spiro atoms. The molecule has 4 heteroatoms. The Kier molecular flexibility index (Phi) is 3.53. The lowest BCUT2D eigenvalue weighted by atomic mass is 9.65. The molecule has 1 aromatic heterocycles. The number of aromatic amines is 1. The van der Waals surface area contributed by atoms with E-state index in [4.69, 9.17) is 9.47 Å².